The standard InChI is InChI=1S/C28H35N3O4/c32-27(22-8-6-20(7-9-22)19-4-5-19)31-25(28(33)34)13-15-35-24-16-18(17-24)3-11-23-12-10-21-2-1-14-29-26(21)30-23/h6-10,12,18-19,24-25H,1-5,11,13-17H2,(H,29,30)(H,31,32)(H,33,34)/t18-,24-,25-/m0/s1. The summed E-state index contributed by atoms with van der Waals surface area (Å²) in [6.45, 7) is 1.33. The van der Waals surface area contributed by atoms with Crippen molar-refractivity contribution in [1.82, 2.24) is 10.3 Å². The van der Waals surface area contributed by atoms with Crippen molar-refractivity contribution >= 4 is 17.7 Å². The van der Waals surface area contributed by atoms with Crippen LogP contribution in [0.15, 0.2) is 36.4 Å². The quantitative estimate of drug-likeness (QED) is 0.446. The summed E-state index contributed by atoms with van der Waals surface area (Å²) in [5, 5.41) is 15.6. The highest BCUT2D eigenvalue weighted by Gasteiger charge is 2.30. The Kier molecular flexibility index (Phi) is 7.32. The Hall–Kier alpha value is -2.93. The number of benzene rings is 1. The first-order valence-electron chi connectivity index (χ1n) is 13.0. The Morgan fingerprint density at radius 2 is 1.94 bits per heavy atom. The van der Waals surface area contributed by atoms with Gasteiger partial charge in [-0.25, -0.2) is 9.78 Å². The highest BCUT2D eigenvalue weighted by molar-refractivity contribution is 5.96. The summed E-state index contributed by atoms with van der Waals surface area (Å²) >= 11 is 0. The number of carboxylic acid groups (broad SMARTS) is 1. The van der Waals surface area contributed by atoms with Crippen LogP contribution in [0.2, 0.25) is 0 Å². The second-order valence-electron chi connectivity index (χ2n) is 10.3. The van der Waals surface area contributed by atoms with Gasteiger partial charge >= 0.3 is 5.97 Å². The van der Waals surface area contributed by atoms with E-state index in [1.54, 1.807) is 12.1 Å². The number of carboxylic acids is 1. The molecular formula is C28H35N3O4. The van der Waals surface area contributed by atoms with E-state index in [1.807, 2.05) is 12.1 Å². The second kappa shape index (κ2) is 10.8. The van der Waals surface area contributed by atoms with E-state index in [-0.39, 0.29) is 18.4 Å². The first kappa shape index (κ1) is 23.8. The fraction of sp³-hybridized carbons (Fsp3) is 0.536. The zero-order chi connectivity index (χ0) is 24.2. The summed E-state index contributed by atoms with van der Waals surface area (Å²) in [5.74, 6) is 0.919. The normalized spacial score (nSPS) is 21.8. The lowest BCUT2D eigenvalue weighted by molar-refractivity contribution is -0.140. The second-order valence-corrected chi connectivity index (χ2v) is 10.3. The number of carbonyl (C=O) groups is 2. The monoisotopic (exact) mass is 477 g/mol. The molecule has 2 saturated carbocycles. The highest BCUT2D eigenvalue weighted by atomic mass is 16.5. The Balaban J connectivity index is 0.998. The molecule has 0 bridgehead atoms. The molecule has 1 aromatic heterocycles. The fourth-order valence-electron chi connectivity index (χ4n) is 5.08. The maximum absolute atomic E-state index is 12.5. The smallest absolute Gasteiger partial charge is 0.326 e. The third kappa shape index (κ3) is 6.20. The van der Waals surface area contributed by atoms with Crippen LogP contribution in [-0.2, 0) is 22.4 Å². The number of carbonyl (C=O) groups excluding carboxylic acids is 1. The molecule has 7 nitrogen and oxygen atoms in total. The van der Waals surface area contributed by atoms with E-state index in [1.165, 1.54) is 30.4 Å². The van der Waals surface area contributed by atoms with Gasteiger partial charge in [0.2, 0.25) is 0 Å². The molecular weight excluding hydrogens is 442 g/mol. The van der Waals surface area contributed by atoms with Gasteiger partial charge in [0.05, 0.1) is 6.10 Å². The molecule has 7 heteroatoms. The maximum Gasteiger partial charge on any atom is 0.326 e. The Morgan fingerprint density at radius 1 is 1.14 bits per heavy atom. The van der Waals surface area contributed by atoms with E-state index < -0.39 is 12.0 Å². The van der Waals surface area contributed by atoms with Crippen molar-refractivity contribution in [3.8, 4) is 0 Å². The Bertz CT molecular complexity index is 1040. The van der Waals surface area contributed by atoms with Gasteiger partial charge in [-0.15, -0.1) is 0 Å². The van der Waals surface area contributed by atoms with Crippen LogP contribution in [0, 0.1) is 5.92 Å². The Morgan fingerprint density at radius 3 is 2.69 bits per heavy atom. The molecule has 3 N–H and O–H groups in total. The highest BCUT2D eigenvalue weighted by Crippen LogP contribution is 2.40. The number of ether oxygens (including phenoxy) is 1. The van der Waals surface area contributed by atoms with Gasteiger partial charge in [0, 0.05) is 30.8 Å². The number of hydrogen-bond acceptors (Lipinski definition) is 5. The molecule has 35 heavy (non-hydrogen) atoms. The summed E-state index contributed by atoms with van der Waals surface area (Å²) < 4.78 is 5.91. The molecule has 1 amide bonds. The SMILES string of the molecule is O=C(N[C@@H](CCO[C@H]1C[C@H](CCc2ccc3c(n2)NCCC3)C1)C(=O)O)c1ccc(C2CC2)cc1. The number of rotatable bonds is 11. The summed E-state index contributed by atoms with van der Waals surface area (Å²) in [6.07, 6.45) is 9.20. The Labute approximate surface area is 206 Å². The van der Waals surface area contributed by atoms with Crippen molar-refractivity contribution in [2.24, 2.45) is 5.92 Å². The predicted molar refractivity (Wildman–Crippen MR) is 134 cm³/mol. The predicted octanol–water partition coefficient (Wildman–Crippen LogP) is 4.32. The largest absolute Gasteiger partial charge is 0.480 e. The van der Waals surface area contributed by atoms with E-state index in [9.17, 15) is 14.7 Å². The number of aromatic nitrogens is 1. The van der Waals surface area contributed by atoms with Gasteiger partial charge in [0.15, 0.2) is 0 Å². The third-order valence-electron chi connectivity index (χ3n) is 7.54. The van der Waals surface area contributed by atoms with Crippen LogP contribution in [0.5, 0.6) is 0 Å². The topological polar surface area (TPSA) is 101 Å². The molecule has 1 atom stereocenters. The molecule has 0 radical (unpaired) electrons. The number of anilines is 1. The molecule has 2 fully saturated rings. The summed E-state index contributed by atoms with van der Waals surface area (Å²) in [4.78, 5) is 28.9. The average molecular weight is 478 g/mol. The van der Waals surface area contributed by atoms with Crippen molar-refractivity contribution in [3.63, 3.8) is 0 Å². The maximum atomic E-state index is 12.5. The molecule has 5 rings (SSSR count). The van der Waals surface area contributed by atoms with Crippen molar-refractivity contribution in [3.05, 3.63) is 58.8 Å². The van der Waals surface area contributed by atoms with Crippen LogP contribution in [-0.4, -0.2) is 47.3 Å². The number of aryl methyl sites for hydroxylation is 2. The molecule has 1 aliphatic heterocycles. The number of hydrogen-bond donors (Lipinski definition) is 3. The zero-order valence-corrected chi connectivity index (χ0v) is 20.2. The summed E-state index contributed by atoms with van der Waals surface area (Å²) in [5.41, 5.74) is 4.20. The first-order valence-corrected chi connectivity index (χ1v) is 13.0. The molecule has 1 aromatic carbocycles. The van der Waals surface area contributed by atoms with Crippen molar-refractivity contribution in [2.75, 3.05) is 18.5 Å². The van der Waals surface area contributed by atoms with Crippen molar-refractivity contribution < 1.29 is 19.4 Å². The van der Waals surface area contributed by atoms with Gasteiger partial charge in [0.1, 0.15) is 11.9 Å². The van der Waals surface area contributed by atoms with Crippen LogP contribution in [0.25, 0.3) is 0 Å². The number of amides is 1. The zero-order valence-electron chi connectivity index (χ0n) is 20.2. The van der Waals surface area contributed by atoms with Crippen molar-refractivity contribution in [2.45, 2.75) is 75.9 Å². The number of nitrogens with zero attached hydrogens (tertiary/aromatic N) is 1. The molecule has 0 unspecified atom stereocenters. The summed E-state index contributed by atoms with van der Waals surface area (Å²) in [7, 11) is 0. The van der Waals surface area contributed by atoms with Crippen LogP contribution >= 0.6 is 0 Å². The number of fused-ring (bicyclic) bond motifs is 1. The molecule has 0 spiro atoms. The average Bonchev–Trinajstić information content (AvgIpc) is 3.69. The van der Waals surface area contributed by atoms with Gasteiger partial charge in [-0.3, -0.25) is 4.79 Å². The van der Waals surface area contributed by atoms with E-state index in [4.69, 9.17) is 9.72 Å². The van der Waals surface area contributed by atoms with Crippen LogP contribution in [0.3, 0.4) is 0 Å². The van der Waals surface area contributed by atoms with Gasteiger partial charge < -0.3 is 20.5 Å². The summed E-state index contributed by atoms with van der Waals surface area (Å²) in [6, 6.07) is 10.9. The minimum atomic E-state index is -1.03. The minimum Gasteiger partial charge on any atom is -0.480 e. The molecule has 2 heterocycles. The van der Waals surface area contributed by atoms with Gasteiger partial charge in [-0.05, 0) is 92.5 Å². The molecule has 2 aliphatic carbocycles. The minimum absolute atomic E-state index is 0.179. The van der Waals surface area contributed by atoms with Crippen LogP contribution < -0.4 is 10.6 Å². The van der Waals surface area contributed by atoms with Crippen LogP contribution in [0.4, 0.5) is 5.82 Å². The third-order valence-corrected chi connectivity index (χ3v) is 7.54. The van der Waals surface area contributed by atoms with Gasteiger partial charge in [-0.1, -0.05) is 18.2 Å². The number of aliphatic carboxylic acids is 1. The van der Waals surface area contributed by atoms with Crippen molar-refractivity contribution in [1.29, 1.82) is 0 Å². The van der Waals surface area contributed by atoms with Gasteiger partial charge in [0.25, 0.3) is 5.91 Å². The molecule has 2 aromatic rings. The van der Waals surface area contributed by atoms with E-state index >= 15 is 0 Å². The van der Waals surface area contributed by atoms with E-state index in [2.05, 4.69) is 22.8 Å². The van der Waals surface area contributed by atoms with E-state index in [0.29, 0.717) is 24.0 Å². The lowest BCUT2D eigenvalue weighted by Gasteiger charge is -2.35. The number of nitrogens with one attached hydrogen (secondary N) is 2. The van der Waals surface area contributed by atoms with Crippen LogP contribution in [0.1, 0.15) is 78.0 Å². The molecule has 186 valence electrons. The molecule has 0 saturated heterocycles. The first-order chi connectivity index (χ1) is 17.0. The fourth-order valence-corrected chi connectivity index (χ4v) is 5.08. The lowest BCUT2D eigenvalue weighted by atomic mass is 9.79. The lowest BCUT2D eigenvalue weighted by Crippen LogP contribution is -2.42. The number of pyridine rings is 1. The van der Waals surface area contributed by atoms with E-state index in [0.717, 1.165) is 50.2 Å². The van der Waals surface area contributed by atoms with Gasteiger partial charge in [-0.2, -0.15) is 0 Å². The molecule has 3 aliphatic rings.